The number of amides is 2. The summed E-state index contributed by atoms with van der Waals surface area (Å²) in [6, 6.07) is 13.2. The van der Waals surface area contributed by atoms with Gasteiger partial charge in [-0.25, -0.2) is 0 Å². The second-order valence-corrected chi connectivity index (χ2v) is 8.84. The van der Waals surface area contributed by atoms with E-state index < -0.39 is 0 Å². The van der Waals surface area contributed by atoms with E-state index in [-0.39, 0.29) is 24.3 Å². The molecule has 0 saturated carbocycles. The lowest BCUT2D eigenvalue weighted by Crippen LogP contribution is -2.32. The van der Waals surface area contributed by atoms with Gasteiger partial charge in [0.15, 0.2) is 11.5 Å². The fraction of sp³-hybridized carbons (Fsp3) is 0.360. The molecule has 0 spiro atoms. The van der Waals surface area contributed by atoms with Gasteiger partial charge in [0, 0.05) is 0 Å². The minimum absolute atomic E-state index is 0.197. The number of hydrogen-bond acceptors (Lipinski definition) is 6. The minimum Gasteiger partial charge on any atom is -0.492 e. The van der Waals surface area contributed by atoms with Crippen LogP contribution in [-0.4, -0.2) is 42.4 Å². The third kappa shape index (κ3) is 6.29. The molecule has 2 amide bonds. The van der Waals surface area contributed by atoms with Crippen molar-refractivity contribution in [3.63, 3.8) is 0 Å². The van der Waals surface area contributed by atoms with E-state index in [4.69, 9.17) is 14.2 Å². The van der Waals surface area contributed by atoms with E-state index in [2.05, 4.69) is 13.8 Å². The molecule has 0 aromatic heterocycles. The number of carbonyl (C=O) groups is 2. The predicted molar refractivity (Wildman–Crippen MR) is 127 cm³/mol. The number of benzene rings is 2. The molecule has 0 aliphatic carbocycles. The fourth-order valence-electron chi connectivity index (χ4n) is 3.06. The summed E-state index contributed by atoms with van der Waals surface area (Å²) in [7, 11) is 0. The lowest BCUT2D eigenvalue weighted by molar-refractivity contribution is -0.123. The van der Waals surface area contributed by atoms with Gasteiger partial charge in [-0.05, 0) is 73.0 Å². The lowest BCUT2D eigenvalue weighted by atomic mass is 10.1. The number of nitrogens with zero attached hydrogens (tertiary/aromatic N) is 1. The molecule has 0 bridgehead atoms. The molecule has 1 heterocycles. The van der Waals surface area contributed by atoms with Gasteiger partial charge in [0.2, 0.25) is 0 Å². The Morgan fingerprint density at radius 2 is 1.84 bits per heavy atom. The highest BCUT2D eigenvalue weighted by Crippen LogP contribution is 2.34. The zero-order valence-corrected chi connectivity index (χ0v) is 19.7. The Bertz CT molecular complexity index is 1000. The van der Waals surface area contributed by atoms with Gasteiger partial charge in [-0.3, -0.25) is 14.5 Å². The standard InChI is InChI=1S/C25H29NO5S/c1-5-29-22-14-19(9-10-21(22)31-16-17(2)3)15-23-24(27)26(25(28)32-23)11-12-30-20-8-6-7-18(4)13-20/h6-10,13-15,17H,5,11-12,16H2,1-4H3/b23-15-. The largest absolute Gasteiger partial charge is 0.492 e. The quantitative estimate of drug-likeness (QED) is 0.438. The summed E-state index contributed by atoms with van der Waals surface area (Å²) >= 11 is 0.934. The number of imide groups is 1. The van der Waals surface area contributed by atoms with Crippen LogP contribution in [0.4, 0.5) is 4.79 Å². The van der Waals surface area contributed by atoms with Gasteiger partial charge in [-0.2, -0.15) is 0 Å². The highest BCUT2D eigenvalue weighted by molar-refractivity contribution is 8.18. The molecule has 2 aromatic carbocycles. The van der Waals surface area contributed by atoms with Gasteiger partial charge in [-0.15, -0.1) is 0 Å². The molecule has 170 valence electrons. The van der Waals surface area contributed by atoms with Crippen molar-refractivity contribution in [3.8, 4) is 17.2 Å². The Morgan fingerprint density at radius 1 is 1.03 bits per heavy atom. The average Bonchev–Trinajstić information content (AvgIpc) is 3.01. The number of carbonyl (C=O) groups excluding carboxylic acids is 2. The maximum atomic E-state index is 12.8. The first-order valence-electron chi connectivity index (χ1n) is 10.7. The van der Waals surface area contributed by atoms with Gasteiger partial charge in [0.25, 0.3) is 11.1 Å². The molecule has 0 unspecified atom stereocenters. The smallest absolute Gasteiger partial charge is 0.293 e. The average molecular weight is 456 g/mol. The van der Waals surface area contributed by atoms with Crippen LogP contribution in [0.25, 0.3) is 6.08 Å². The van der Waals surface area contributed by atoms with Crippen molar-refractivity contribution in [2.24, 2.45) is 5.92 Å². The molecule has 1 saturated heterocycles. The fourth-order valence-corrected chi connectivity index (χ4v) is 3.93. The molecule has 0 N–H and O–H groups in total. The molecule has 0 atom stereocenters. The Labute approximate surface area is 193 Å². The van der Waals surface area contributed by atoms with E-state index in [0.717, 1.165) is 28.6 Å². The van der Waals surface area contributed by atoms with Gasteiger partial charge < -0.3 is 14.2 Å². The van der Waals surface area contributed by atoms with Crippen LogP contribution in [-0.2, 0) is 4.79 Å². The minimum atomic E-state index is -0.314. The maximum absolute atomic E-state index is 12.8. The first kappa shape index (κ1) is 23.7. The summed E-state index contributed by atoms with van der Waals surface area (Å²) in [5, 5.41) is -0.295. The number of ether oxygens (including phenoxy) is 3. The van der Waals surface area contributed by atoms with E-state index >= 15 is 0 Å². The summed E-state index contributed by atoms with van der Waals surface area (Å²) in [6.07, 6.45) is 1.71. The summed E-state index contributed by atoms with van der Waals surface area (Å²) in [6.45, 7) is 9.57. The number of aryl methyl sites for hydroxylation is 1. The first-order valence-corrected chi connectivity index (χ1v) is 11.5. The highest BCUT2D eigenvalue weighted by Gasteiger charge is 2.34. The van der Waals surface area contributed by atoms with Crippen molar-refractivity contribution < 1.29 is 23.8 Å². The molecule has 1 aliphatic rings. The second kappa shape index (κ2) is 11.1. The Morgan fingerprint density at radius 3 is 2.56 bits per heavy atom. The molecule has 0 radical (unpaired) electrons. The van der Waals surface area contributed by atoms with Crippen molar-refractivity contribution in [1.82, 2.24) is 4.90 Å². The van der Waals surface area contributed by atoms with Crippen LogP contribution in [0.1, 0.15) is 31.9 Å². The van der Waals surface area contributed by atoms with Gasteiger partial charge in [0.05, 0.1) is 24.7 Å². The summed E-state index contributed by atoms with van der Waals surface area (Å²) in [5.41, 5.74) is 1.86. The van der Waals surface area contributed by atoms with Crippen LogP contribution in [0.3, 0.4) is 0 Å². The van der Waals surface area contributed by atoms with Gasteiger partial charge in [-0.1, -0.05) is 32.0 Å². The predicted octanol–water partition coefficient (Wildman–Crippen LogP) is 5.54. The van der Waals surface area contributed by atoms with Crippen molar-refractivity contribution in [1.29, 1.82) is 0 Å². The molecule has 3 rings (SSSR count). The van der Waals surface area contributed by atoms with Crippen LogP contribution in [0.2, 0.25) is 0 Å². The van der Waals surface area contributed by atoms with Crippen LogP contribution in [0.5, 0.6) is 17.2 Å². The van der Waals surface area contributed by atoms with E-state index in [9.17, 15) is 9.59 Å². The van der Waals surface area contributed by atoms with E-state index in [0.29, 0.717) is 35.5 Å². The zero-order chi connectivity index (χ0) is 23.1. The molecule has 1 fully saturated rings. The van der Waals surface area contributed by atoms with Gasteiger partial charge >= 0.3 is 0 Å². The van der Waals surface area contributed by atoms with Crippen LogP contribution >= 0.6 is 11.8 Å². The maximum Gasteiger partial charge on any atom is 0.293 e. The van der Waals surface area contributed by atoms with E-state index in [1.54, 1.807) is 6.08 Å². The summed E-state index contributed by atoms with van der Waals surface area (Å²) < 4.78 is 17.2. The number of thioether (sulfide) groups is 1. The van der Waals surface area contributed by atoms with Crippen molar-refractivity contribution in [2.75, 3.05) is 26.4 Å². The van der Waals surface area contributed by atoms with Crippen LogP contribution in [0.15, 0.2) is 47.4 Å². The van der Waals surface area contributed by atoms with Crippen LogP contribution in [0, 0.1) is 12.8 Å². The lowest BCUT2D eigenvalue weighted by Gasteiger charge is -2.14. The highest BCUT2D eigenvalue weighted by atomic mass is 32.2. The Hall–Kier alpha value is -2.93. The Kier molecular flexibility index (Phi) is 8.22. The molecule has 32 heavy (non-hydrogen) atoms. The van der Waals surface area contributed by atoms with Crippen molar-refractivity contribution >= 4 is 29.0 Å². The van der Waals surface area contributed by atoms with Crippen molar-refractivity contribution in [2.45, 2.75) is 27.7 Å². The first-order chi connectivity index (χ1) is 15.4. The zero-order valence-electron chi connectivity index (χ0n) is 18.9. The molecular weight excluding hydrogens is 426 g/mol. The third-order valence-corrected chi connectivity index (χ3v) is 5.49. The van der Waals surface area contributed by atoms with E-state index in [1.165, 1.54) is 4.90 Å². The second-order valence-electron chi connectivity index (χ2n) is 7.84. The SMILES string of the molecule is CCOc1cc(/C=C2\SC(=O)N(CCOc3cccc(C)c3)C2=O)ccc1OCC(C)C. The van der Waals surface area contributed by atoms with Crippen LogP contribution < -0.4 is 14.2 Å². The summed E-state index contributed by atoms with van der Waals surface area (Å²) in [4.78, 5) is 26.8. The third-order valence-electron chi connectivity index (χ3n) is 4.58. The van der Waals surface area contributed by atoms with Gasteiger partial charge in [0.1, 0.15) is 12.4 Å². The molecule has 7 heteroatoms. The monoisotopic (exact) mass is 455 g/mol. The molecule has 1 aliphatic heterocycles. The molecule has 2 aromatic rings. The number of hydrogen-bond donors (Lipinski definition) is 0. The number of rotatable bonds is 10. The summed E-state index contributed by atoms with van der Waals surface area (Å²) in [5.74, 6) is 2.08. The van der Waals surface area contributed by atoms with E-state index in [1.807, 2.05) is 56.3 Å². The normalized spacial score (nSPS) is 15.0. The molecular formula is C25H29NO5S. The Balaban J connectivity index is 1.67. The molecule has 6 nitrogen and oxygen atoms in total. The topological polar surface area (TPSA) is 65.1 Å². The van der Waals surface area contributed by atoms with Crippen molar-refractivity contribution in [3.05, 3.63) is 58.5 Å².